The minimum absolute atomic E-state index is 0. The molecule has 2 N–H and O–H groups in total. The van der Waals surface area contributed by atoms with Crippen LogP contribution < -0.4 is 10.6 Å². The van der Waals surface area contributed by atoms with E-state index in [2.05, 4.69) is 15.6 Å². The van der Waals surface area contributed by atoms with E-state index in [1.165, 1.54) is 6.07 Å². The Morgan fingerprint density at radius 3 is 2.60 bits per heavy atom. The summed E-state index contributed by atoms with van der Waals surface area (Å²) in [5.41, 5.74) is 0.244. The molecule has 1 aromatic carbocycles. The second-order valence-electron chi connectivity index (χ2n) is 5.54. The number of nitrogens with zero attached hydrogens (tertiary/aromatic N) is 2. The Labute approximate surface area is 163 Å². The average Bonchev–Trinajstić information content (AvgIpc) is 3.07. The third kappa shape index (κ3) is 6.28. The lowest BCUT2D eigenvalue weighted by Crippen LogP contribution is -2.41. The van der Waals surface area contributed by atoms with Crippen molar-refractivity contribution in [3.8, 4) is 0 Å². The van der Waals surface area contributed by atoms with Gasteiger partial charge in [0.05, 0.1) is 12.3 Å². The van der Waals surface area contributed by atoms with Crippen molar-refractivity contribution < 1.29 is 13.2 Å². The normalized spacial score (nSPS) is 12.6. The topological polar surface area (TPSA) is 52.8 Å². The number of furan rings is 1. The van der Waals surface area contributed by atoms with Crippen molar-refractivity contribution in [2.45, 2.75) is 12.6 Å². The number of halogens is 3. The van der Waals surface area contributed by atoms with E-state index in [0.717, 1.165) is 17.9 Å². The summed E-state index contributed by atoms with van der Waals surface area (Å²) in [6, 6.07) is 7.14. The van der Waals surface area contributed by atoms with Crippen molar-refractivity contribution in [2.75, 3.05) is 27.7 Å². The van der Waals surface area contributed by atoms with Crippen LogP contribution in [0.3, 0.4) is 0 Å². The molecule has 0 bridgehead atoms. The fourth-order valence-corrected chi connectivity index (χ4v) is 2.29. The van der Waals surface area contributed by atoms with Crippen LogP contribution in [0.15, 0.2) is 46.0 Å². The van der Waals surface area contributed by atoms with E-state index in [-0.39, 0.29) is 42.1 Å². The van der Waals surface area contributed by atoms with E-state index in [1.807, 2.05) is 31.1 Å². The third-order valence-electron chi connectivity index (χ3n) is 3.64. The molecule has 0 radical (unpaired) electrons. The van der Waals surface area contributed by atoms with Crippen LogP contribution in [0.5, 0.6) is 0 Å². The van der Waals surface area contributed by atoms with Crippen molar-refractivity contribution in [1.29, 1.82) is 0 Å². The minimum atomic E-state index is -0.471. The SMILES string of the molecule is CN=C(NCc1cc(F)ccc1F)NCC(c1ccco1)N(C)C.I. The molecule has 0 spiro atoms. The number of likely N-dealkylation sites (N-methyl/N-ethyl adjacent to an activating group) is 1. The molecule has 5 nitrogen and oxygen atoms in total. The van der Waals surface area contributed by atoms with E-state index in [9.17, 15) is 8.78 Å². The first kappa shape index (κ1) is 21.4. The molecule has 2 aromatic rings. The summed E-state index contributed by atoms with van der Waals surface area (Å²) in [6.45, 7) is 0.683. The smallest absolute Gasteiger partial charge is 0.191 e. The van der Waals surface area contributed by atoms with Crippen LogP contribution in [-0.2, 0) is 6.54 Å². The highest BCUT2D eigenvalue weighted by Crippen LogP contribution is 2.17. The first-order valence-corrected chi connectivity index (χ1v) is 7.59. The Balaban J connectivity index is 0.00000312. The van der Waals surface area contributed by atoms with Gasteiger partial charge in [0.15, 0.2) is 5.96 Å². The molecule has 0 aliphatic carbocycles. The van der Waals surface area contributed by atoms with Gasteiger partial charge in [-0.2, -0.15) is 0 Å². The van der Waals surface area contributed by atoms with Crippen molar-refractivity contribution >= 4 is 29.9 Å². The van der Waals surface area contributed by atoms with Gasteiger partial charge in [0.25, 0.3) is 0 Å². The van der Waals surface area contributed by atoms with Gasteiger partial charge >= 0.3 is 0 Å². The molecule has 1 aromatic heterocycles. The van der Waals surface area contributed by atoms with Gasteiger partial charge in [-0.3, -0.25) is 9.89 Å². The van der Waals surface area contributed by atoms with Crippen LogP contribution in [0.4, 0.5) is 8.78 Å². The standard InChI is InChI=1S/C17H22F2N4O.HI/c1-20-17(21-10-12-9-13(18)6-7-14(12)19)22-11-15(23(2)3)16-5-4-8-24-16;/h4-9,15H,10-11H2,1-3H3,(H2,20,21,22);1H. The van der Waals surface area contributed by atoms with Gasteiger partial charge in [-0.25, -0.2) is 8.78 Å². The van der Waals surface area contributed by atoms with E-state index < -0.39 is 11.6 Å². The first-order chi connectivity index (χ1) is 11.5. The fourth-order valence-electron chi connectivity index (χ4n) is 2.29. The molecule has 0 aliphatic rings. The zero-order valence-electron chi connectivity index (χ0n) is 14.4. The molecule has 0 fully saturated rings. The van der Waals surface area contributed by atoms with E-state index in [1.54, 1.807) is 13.3 Å². The Hall–Kier alpha value is -1.68. The summed E-state index contributed by atoms with van der Waals surface area (Å²) in [5, 5.41) is 6.14. The lowest BCUT2D eigenvalue weighted by molar-refractivity contribution is 0.258. The second kappa shape index (κ2) is 10.3. The zero-order chi connectivity index (χ0) is 17.5. The highest BCUT2D eigenvalue weighted by atomic mass is 127. The van der Waals surface area contributed by atoms with Gasteiger partial charge in [0.2, 0.25) is 0 Å². The van der Waals surface area contributed by atoms with Crippen LogP contribution in [0.2, 0.25) is 0 Å². The predicted molar refractivity (Wildman–Crippen MR) is 105 cm³/mol. The van der Waals surface area contributed by atoms with Crippen molar-refractivity contribution in [2.24, 2.45) is 4.99 Å². The molecule has 138 valence electrons. The fraction of sp³-hybridized carbons (Fsp3) is 0.353. The molecule has 1 unspecified atom stereocenters. The van der Waals surface area contributed by atoms with Gasteiger partial charge in [-0.1, -0.05) is 0 Å². The maximum absolute atomic E-state index is 13.6. The molecule has 0 aliphatic heterocycles. The Bertz CT molecular complexity index is 677. The van der Waals surface area contributed by atoms with Gasteiger partial charge in [0, 0.05) is 25.7 Å². The summed E-state index contributed by atoms with van der Waals surface area (Å²) >= 11 is 0. The van der Waals surface area contributed by atoms with E-state index >= 15 is 0 Å². The zero-order valence-corrected chi connectivity index (χ0v) is 16.8. The van der Waals surface area contributed by atoms with Gasteiger partial charge < -0.3 is 15.1 Å². The predicted octanol–water partition coefficient (Wildman–Crippen LogP) is 3.14. The molecule has 1 atom stereocenters. The number of aliphatic imine (C=N–C) groups is 1. The van der Waals surface area contributed by atoms with Crippen molar-refractivity contribution in [3.63, 3.8) is 0 Å². The van der Waals surface area contributed by atoms with E-state index in [0.29, 0.717) is 12.5 Å². The molecule has 25 heavy (non-hydrogen) atoms. The molecule has 1 heterocycles. The van der Waals surface area contributed by atoms with Crippen molar-refractivity contribution in [1.82, 2.24) is 15.5 Å². The highest BCUT2D eigenvalue weighted by molar-refractivity contribution is 14.0. The largest absolute Gasteiger partial charge is 0.468 e. The number of hydrogen-bond acceptors (Lipinski definition) is 3. The molecule has 8 heteroatoms. The Morgan fingerprint density at radius 1 is 1.24 bits per heavy atom. The Kier molecular flexibility index (Phi) is 8.84. The first-order valence-electron chi connectivity index (χ1n) is 7.59. The summed E-state index contributed by atoms with van der Waals surface area (Å²) in [5.74, 6) is 0.402. The van der Waals surface area contributed by atoms with Crippen LogP contribution in [0, 0.1) is 11.6 Å². The molecular weight excluding hydrogens is 441 g/mol. The van der Waals surface area contributed by atoms with Gasteiger partial charge in [-0.15, -0.1) is 24.0 Å². The third-order valence-corrected chi connectivity index (χ3v) is 3.64. The van der Waals surface area contributed by atoms with Crippen LogP contribution in [-0.4, -0.2) is 38.5 Å². The number of hydrogen-bond donors (Lipinski definition) is 2. The van der Waals surface area contributed by atoms with Crippen LogP contribution >= 0.6 is 24.0 Å². The molecular formula is C17H23F2IN4O. The van der Waals surface area contributed by atoms with Gasteiger partial charge in [-0.05, 0) is 44.4 Å². The average molecular weight is 464 g/mol. The lowest BCUT2D eigenvalue weighted by atomic mass is 10.2. The monoisotopic (exact) mass is 464 g/mol. The Morgan fingerprint density at radius 2 is 2.00 bits per heavy atom. The summed E-state index contributed by atoms with van der Waals surface area (Å²) in [6.07, 6.45) is 1.63. The minimum Gasteiger partial charge on any atom is -0.468 e. The summed E-state index contributed by atoms with van der Waals surface area (Å²) in [7, 11) is 5.52. The van der Waals surface area contributed by atoms with Crippen LogP contribution in [0.1, 0.15) is 17.4 Å². The number of guanidine groups is 1. The van der Waals surface area contributed by atoms with E-state index in [4.69, 9.17) is 4.42 Å². The maximum atomic E-state index is 13.6. The maximum Gasteiger partial charge on any atom is 0.191 e. The number of nitrogens with one attached hydrogen (secondary N) is 2. The molecule has 2 rings (SSSR count). The summed E-state index contributed by atoms with van der Waals surface area (Å²) in [4.78, 5) is 6.12. The highest BCUT2D eigenvalue weighted by Gasteiger charge is 2.17. The number of rotatable bonds is 6. The molecule has 0 saturated carbocycles. The number of benzene rings is 1. The summed E-state index contributed by atoms with van der Waals surface area (Å²) < 4.78 is 32.3. The molecule has 0 amide bonds. The van der Waals surface area contributed by atoms with Gasteiger partial charge in [0.1, 0.15) is 17.4 Å². The second-order valence-corrected chi connectivity index (χ2v) is 5.54. The lowest BCUT2D eigenvalue weighted by Gasteiger charge is -2.23. The van der Waals surface area contributed by atoms with Crippen molar-refractivity contribution in [3.05, 3.63) is 59.6 Å². The van der Waals surface area contributed by atoms with Crippen LogP contribution in [0.25, 0.3) is 0 Å². The molecule has 0 saturated heterocycles. The quantitative estimate of drug-likeness (QED) is 0.392.